The monoisotopic (exact) mass is 349 g/mol. The summed E-state index contributed by atoms with van der Waals surface area (Å²) in [6.45, 7) is 1.09. The SMILES string of the molecule is Br.NC[C@H]1CNc2ccccc2C(c2ccccc2F)=N1. The molecule has 0 aromatic heterocycles. The molecule has 5 heteroatoms. The van der Waals surface area contributed by atoms with Gasteiger partial charge in [0.15, 0.2) is 0 Å². The average molecular weight is 350 g/mol. The minimum atomic E-state index is -0.265. The molecule has 3 rings (SSSR count). The second-order valence-corrected chi connectivity index (χ2v) is 4.77. The van der Waals surface area contributed by atoms with Crippen molar-refractivity contribution in [3.63, 3.8) is 0 Å². The van der Waals surface area contributed by atoms with Crippen LogP contribution in [-0.2, 0) is 0 Å². The van der Waals surface area contributed by atoms with E-state index in [-0.39, 0.29) is 28.8 Å². The van der Waals surface area contributed by atoms with Crippen LogP contribution in [0, 0.1) is 5.82 Å². The molecule has 1 atom stereocenters. The first-order valence-corrected chi connectivity index (χ1v) is 6.65. The molecular weight excluding hydrogens is 333 g/mol. The average Bonchev–Trinajstić information content (AvgIpc) is 2.67. The smallest absolute Gasteiger partial charge is 0.132 e. The third-order valence-corrected chi connectivity index (χ3v) is 3.42. The molecule has 0 fully saturated rings. The Bertz CT molecular complexity index is 657. The lowest BCUT2D eigenvalue weighted by Crippen LogP contribution is -2.26. The van der Waals surface area contributed by atoms with Gasteiger partial charge in [0, 0.05) is 29.9 Å². The first-order valence-electron chi connectivity index (χ1n) is 6.65. The van der Waals surface area contributed by atoms with Crippen molar-refractivity contribution in [1.82, 2.24) is 0 Å². The molecule has 0 unspecified atom stereocenters. The van der Waals surface area contributed by atoms with Crippen molar-refractivity contribution in [2.45, 2.75) is 6.04 Å². The summed E-state index contributed by atoms with van der Waals surface area (Å²) in [5, 5.41) is 3.33. The summed E-state index contributed by atoms with van der Waals surface area (Å²) in [6, 6.07) is 14.5. The predicted molar refractivity (Wildman–Crippen MR) is 90.1 cm³/mol. The maximum absolute atomic E-state index is 14.1. The van der Waals surface area contributed by atoms with Crippen molar-refractivity contribution >= 4 is 28.4 Å². The van der Waals surface area contributed by atoms with E-state index in [0.29, 0.717) is 24.4 Å². The van der Waals surface area contributed by atoms with Crippen LogP contribution in [-0.4, -0.2) is 24.8 Å². The first-order chi connectivity index (χ1) is 9.79. The molecular formula is C16H17BrFN3. The molecule has 0 radical (unpaired) electrons. The number of nitrogens with one attached hydrogen (secondary N) is 1. The van der Waals surface area contributed by atoms with Crippen molar-refractivity contribution in [2.24, 2.45) is 10.7 Å². The number of benzene rings is 2. The van der Waals surface area contributed by atoms with E-state index < -0.39 is 0 Å². The Kier molecular flexibility index (Phi) is 5.09. The highest BCUT2D eigenvalue weighted by atomic mass is 79.9. The van der Waals surface area contributed by atoms with Gasteiger partial charge in [-0.15, -0.1) is 17.0 Å². The maximum Gasteiger partial charge on any atom is 0.132 e. The number of aliphatic imine (C=N–C) groups is 1. The standard InChI is InChI=1S/C16H16FN3.BrH/c17-14-7-3-1-5-12(14)16-13-6-2-4-8-15(13)19-10-11(9-18)20-16;/h1-8,11,19H,9-10,18H2;1H/t11-;/m0./s1. The number of nitrogens with zero attached hydrogens (tertiary/aromatic N) is 1. The molecule has 3 nitrogen and oxygen atoms in total. The van der Waals surface area contributed by atoms with Crippen LogP contribution in [0.2, 0.25) is 0 Å². The molecule has 1 heterocycles. The van der Waals surface area contributed by atoms with E-state index in [4.69, 9.17) is 5.73 Å². The van der Waals surface area contributed by atoms with E-state index in [2.05, 4.69) is 10.3 Å². The van der Waals surface area contributed by atoms with Crippen LogP contribution < -0.4 is 11.1 Å². The van der Waals surface area contributed by atoms with Gasteiger partial charge in [-0.25, -0.2) is 4.39 Å². The summed E-state index contributed by atoms with van der Waals surface area (Å²) in [5.74, 6) is -0.265. The van der Waals surface area contributed by atoms with Crippen molar-refractivity contribution in [3.05, 3.63) is 65.5 Å². The minimum Gasteiger partial charge on any atom is -0.382 e. The van der Waals surface area contributed by atoms with E-state index in [1.165, 1.54) is 6.07 Å². The van der Waals surface area contributed by atoms with E-state index >= 15 is 0 Å². The number of anilines is 1. The molecule has 0 aliphatic carbocycles. The van der Waals surface area contributed by atoms with Crippen molar-refractivity contribution in [1.29, 1.82) is 0 Å². The number of benzodiazepines with no additional fused rings is 1. The summed E-state index contributed by atoms with van der Waals surface area (Å²) >= 11 is 0. The van der Waals surface area contributed by atoms with Gasteiger partial charge >= 0.3 is 0 Å². The van der Waals surface area contributed by atoms with Crippen LogP contribution in [0.4, 0.5) is 10.1 Å². The van der Waals surface area contributed by atoms with Crippen LogP contribution >= 0.6 is 17.0 Å². The largest absolute Gasteiger partial charge is 0.382 e. The molecule has 1 aliphatic rings. The summed E-state index contributed by atoms with van der Waals surface area (Å²) in [6.07, 6.45) is 0. The lowest BCUT2D eigenvalue weighted by atomic mass is 10.00. The van der Waals surface area contributed by atoms with E-state index in [0.717, 1.165) is 11.3 Å². The zero-order valence-electron chi connectivity index (χ0n) is 11.4. The Morgan fingerprint density at radius 2 is 1.76 bits per heavy atom. The van der Waals surface area contributed by atoms with E-state index in [1.807, 2.05) is 30.3 Å². The predicted octanol–water partition coefficient (Wildman–Crippen LogP) is 2.99. The van der Waals surface area contributed by atoms with Gasteiger partial charge in [0.1, 0.15) is 5.82 Å². The topological polar surface area (TPSA) is 50.4 Å². The number of halogens is 2. The summed E-state index contributed by atoms with van der Waals surface area (Å²) in [5.41, 5.74) is 8.80. The zero-order chi connectivity index (χ0) is 13.9. The van der Waals surface area contributed by atoms with Gasteiger partial charge in [-0.3, -0.25) is 4.99 Å². The number of para-hydroxylation sites is 1. The summed E-state index contributed by atoms with van der Waals surface area (Å²) in [7, 11) is 0. The highest BCUT2D eigenvalue weighted by molar-refractivity contribution is 8.93. The highest BCUT2D eigenvalue weighted by Crippen LogP contribution is 2.24. The number of nitrogens with two attached hydrogens (primary N) is 1. The quantitative estimate of drug-likeness (QED) is 0.875. The van der Waals surface area contributed by atoms with Crippen molar-refractivity contribution in [2.75, 3.05) is 18.4 Å². The van der Waals surface area contributed by atoms with Crippen LogP contribution in [0.3, 0.4) is 0 Å². The highest BCUT2D eigenvalue weighted by Gasteiger charge is 2.20. The van der Waals surface area contributed by atoms with Gasteiger partial charge in [0.05, 0.1) is 11.8 Å². The molecule has 0 amide bonds. The summed E-state index contributed by atoms with van der Waals surface area (Å²) < 4.78 is 14.1. The Hall–Kier alpha value is -1.72. The second-order valence-electron chi connectivity index (χ2n) is 4.77. The lowest BCUT2D eigenvalue weighted by Gasteiger charge is -2.10. The normalized spacial score (nSPS) is 16.9. The third kappa shape index (κ3) is 3.14. The van der Waals surface area contributed by atoms with E-state index in [9.17, 15) is 4.39 Å². The fourth-order valence-corrected chi connectivity index (χ4v) is 2.37. The Morgan fingerprint density at radius 1 is 1.10 bits per heavy atom. The fourth-order valence-electron chi connectivity index (χ4n) is 2.37. The number of hydrogen-bond acceptors (Lipinski definition) is 3. The lowest BCUT2D eigenvalue weighted by molar-refractivity contribution is 0.624. The molecule has 3 N–H and O–H groups in total. The Labute approximate surface area is 133 Å². The Morgan fingerprint density at radius 3 is 2.48 bits per heavy atom. The molecule has 1 aliphatic heterocycles. The molecule has 0 spiro atoms. The van der Waals surface area contributed by atoms with Crippen LogP contribution in [0.25, 0.3) is 0 Å². The van der Waals surface area contributed by atoms with E-state index in [1.54, 1.807) is 12.1 Å². The Balaban J connectivity index is 0.00000161. The zero-order valence-corrected chi connectivity index (χ0v) is 13.1. The van der Waals surface area contributed by atoms with Crippen molar-refractivity contribution in [3.8, 4) is 0 Å². The molecule has 2 aromatic carbocycles. The molecule has 2 aromatic rings. The van der Waals surface area contributed by atoms with Gasteiger partial charge in [-0.1, -0.05) is 30.3 Å². The number of fused-ring (bicyclic) bond motifs is 1. The van der Waals surface area contributed by atoms with Gasteiger partial charge in [0.2, 0.25) is 0 Å². The van der Waals surface area contributed by atoms with Crippen LogP contribution in [0.5, 0.6) is 0 Å². The fraction of sp³-hybridized carbons (Fsp3) is 0.188. The molecule has 0 bridgehead atoms. The van der Waals surface area contributed by atoms with Crippen LogP contribution in [0.1, 0.15) is 11.1 Å². The molecule has 21 heavy (non-hydrogen) atoms. The molecule has 0 saturated heterocycles. The van der Waals surface area contributed by atoms with Crippen molar-refractivity contribution < 1.29 is 4.39 Å². The molecule has 110 valence electrons. The van der Waals surface area contributed by atoms with Gasteiger partial charge in [-0.2, -0.15) is 0 Å². The third-order valence-electron chi connectivity index (χ3n) is 3.42. The summed E-state index contributed by atoms with van der Waals surface area (Å²) in [4.78, 5) is 4.66. The van der Waals surface area contributed by atoms with Gasteiger partial charge in [0.25, 0.3) is 0 Å². The van der Waals surface area contributed by atoms with Crippen LogP contribution in [0.15, 0.2) is 53.5 Å². The van der Waals surface area contributed by atoms with Gasteiger partial charge in [-0.05, 0) is 18.2 Å². The number of rotatable bonds is 2. The maximum atomic E-state index is 14.1. The first kappa shape index (κ1) is 15.7. The second kappa shape index (κ2) is 6.83. The molecule has 0 saturated carbocycles. The van der Waals surface area contributed by atoms with Gasteiger partial charge < -0.3 is 11.1 Å². The minimum absolute atomic E-state index is 0. The number of hydrogen-bond donors (Lipinski definition) is 2.